The lowest BCUT2D eigenvalue weighted by Crippen LogP contribution is -2.23. The topological polar surface area (TPSA) is 52.6 Å². The van der Waals surface area contributed by atoms with Crippen molar-refractivity contribution in [1.29, 1.82) is 0 Å². The molecule has 0 aliphatic rings. The minimum atomic E-state index is -0.505. The molecule has 19 heavy (non-hydrogen) atoms. The van der Waals surface area contributed by atoms with Crippen LogP contribution >= 0.6 is 11.8 Å². The van der Waals surface area contributed by atoms with E-state index in [4.69, 9.17) is 4.74 Å². The number of benzene rings is 1. The minimum absolute atomic E-state index is 0.252. The summed E-state index contributed by atoms with van der Waals surface area (Å²) in [5, 5.41) is 0. The summed E-state index contributed by atoms with van der Waals surface area (Å²) in [7, 11) is 1.36. The average Bonchev–Trinajstić information content (AvgIpc) is 2.34. The van der Waals surface area contributed by atoms with Gasteiger partial charge in [0, 0.05) is 4.90 Å². The van der Waals surface area contributed by atoms with E-state index in [0.717, 1.165) is 4.90 Å². The Hall–Kier alpha value is -1.49. The molecule has 5 heteroatoms. The van der Waals surface area contributed by atoms with E-state index in [9.17, 15) is 9.59 Å². The van der Waals surface area contributed by atoms with Gasteiger partial charge >= 0.3 is 11.9 Å². The molecule has 0 N–H and O–H groups in total. The van der Waals surface area contributed by atoms with E-state index >= 15 is 0 Å². The molecule has 0 saturated heterocycles. The first-order valence-electron chi connectivity index (χ1n) is 5.85. The van der Waals surface area contributed by atoms with Crippen LogP contribution in [0.15, 0.2) is 29.2 Å². The molecule has 0 radical (unpaired) electrons. The molecule has 0 atom stereocenters. The van der Waals surface area contributed by atoms with Crippen LogP contribution < -0.4 is 0 Å². The van der Waals surface area contributed by atoms with Gasteiger partial charge in [0.15, 0.2) is 0 Å². The van der Waals surface area contributed by atoms with Crippen molar-refractivity contribution in [3.8, 4) is 0 Å². The summed E-state index contributed by atoms with van der Waals surface area (Å²) in [5.74, 6) is -0.374. The zero-order valence-corrected chi connectivity index (χ0v) is 12.4. The van der Waals surface area contributed by atoms with E-state index in [1.54, 1.807) is 24.3 Å². The van der Waals surface area contributed by atoms with Gasteiger partial charge in [0.2, 0.25) is 0 Å². The summed E-state index contributed by atoms with van der Waals surface area (Å²) >= 11 is 1.36. The summed E-state index contributed by atoms with van der Waals surface area (Å²) in [5.41, 5.74) is -0.00703. The van der Waals surface area contributed by atoms with Crippen molar-refractivity contribution in [1.82, 2.24) is 0 Å². The van der Waals surface area contributed by atoms with Gasteiger partial charge in [0.25, 0.3) is 0 Å². The number of rotatable bonds is 4. The Labute approximate surface area is 117 Å². The molecule has 4 nitrogen and oxygen atoms in total. The van der Waals surface area contributed by atoms with Crippen LogP contribution in [0, 0.1) is 0 Å². The van der Waals surface area contributed by atoms with Crippen LogP contribution in [0.3, 0.4) is 0 Å². The number of carbonyl (C=O) groups is 2. The van der Waals surface area contributed by atoms with Gasteiger partial charge in [0.05, 0.1) is 18.4 Å². The van der Waals surface area contributed by atoms with Gasteiger partial charge in [-0.25, -0.2) is 4.79 Å². The van der Waals surface area contributed by atoms with Gasteiger partial charge < -0.3 is 9.47 Å². The van der Waals surface area contributed by atoms with Crippen molar-refractivity contribution in [3.05, 3.63) is 29.8 Å². The van der Waals surface area contributed by atoms with Crippen LogP contribution in [-0.2, 0) is 14.3 Å². The number of esters is 2. The summed E-state index contributed by atoms with van der Waals surface area (Å²) in [6, 6.07) is 6.95. The summed E-state index contributed by atoms with van der Waals surface area (Å²) in [6.07, 6.45) is 0. The average molecular weight is 282 g/mol. The Kier molecular flexibility index (Phi) is 5.42. The van der Waals surface area contributed by atoms with Crippen LogP contribution in [0.25, 0.3) is 0 Å². The molecule has 0 unspecified atom stereocenters. The lowest BCUT2D eigenvalue weighted by molar-refractivity contribution is -0.137. The zero-order valence-electron chi connectivity index (χ0n) is 11.6. The Morgan fingerprint density at radius 2 is 1.74 bits per heavy atom. The molecule has 0 aromatic heterocycles. The van der Waals surface area contributed by atoms with Gasteiger partial charge in [-0.1, -0.05) is 0 Å². The molecule has 0 heterocycles. The Morgan fingerprint density at radius 1 is 1.16 bits per heavy atom. The SMILES string of the molecule is COC(=O)CSc1ccc(C(=O)OC(C)(C)C)cc1. The minimum Gasteiger partial charge on any atom is -0.468 e. The molecule has 0 aliphatic heterocycles. The van der Waals surface area contributed by atoms with Gasteiger partial charge in [-0.05, 0) is 45.0 Å². The summed E-state index contributed by atoms with van der Waals surface area (Å²) in [4.78, 5) is 23.7. The van der Waals surface area contributed by atoms with Gasteiger partial charge in [-0.3, -0.25) is 4.79 Å². The second kappa shape index (κ2) is 6.61. The van der Waals surface area contributed by atoms with Crippen LogP contribution in [0.2, 0.25) is 0 Å². The number of carbonyl (C=O) groups excluding carboxylic acids is 2. The van der Waals surface area contributed by atoms with E-state index in [2.05, 4.69) is 4.74 Å². The second-order valence-corrected chi connectivity index (χ2v) is 5.94. The molecule has 1 aromatic rings. The van der Waals surface area contributed by atoms with E-state index in [1.807, 2.05) is 20.8 Å². The third-order valence-corrected chi connectivity index (χ3v) is 3.06. The van der Waals surface area contributed by atoms with Crippen molar-refractivity contribution in [2.24, 2.45) is 0 Å². The molecule has 0 bridgehead atoms. The highest BCUT2D eigenvalue weighted by molar-refractivity contribution is 8.00. The lowest BCUT2D eigenvalue weighted by Gasteiger charge is -2.19. The van der Waals surface area contributed by atoms with Crippen molar-refractivity contribution in [3.63, 3.8) is 0 Å². The zero-order chi connectivity index (χ0) is 14.5. The first-order valence-corrected chi connectivity index (χ1v) is 6.83. The summed E-state index contributed by atoms with van der Waals surface area (Å²) in [6.45, 7) is 5.47. The molecule has 0 spiro atoms. The van der Waals surface area contributed by atoms with Crippen molar-refractivity contribution >= 4 is 23.7 Å². The third-order valence-electron chi connectivity index (χ3n) is 2.07. The van der Waals surface area contributed by atoms with Gasteiger partial charge in [0.1, 0.15) is 5.60 Å². The predicted molar refractivity (Wildman–Crippen MR) is 74.4 cm³/mol. The maximum Gasteiger partial charge on any atom is 0.338 e. The Balaban J connectivity index is 2.61. The van der Waals surface area contributed by atoms with Crippen LogP contribution in [0.4, 0.5) is 0 Å². The smallest absolute Gasteiger partial charge is 0.338 e. The molecule has 0 fully saturated rings. The number of hydrogen-bond donors (Lipinski definition) is 0. The maximum atomic E-state index is 11.8. The molecule has 0 aliphatic carbocycles. The van der Waals surface area contributed by atoms with E-state index in [0.29, 0.717) is 5.56 Å². The van der Waals surface area contributed by atoms with Crippen LogP contribution in [0.5, 0.6) is 0 Å². The third kappa shape index (κ3) is 5.79. The van der Waals surface area contributed by atoms with Gasteiger partial charge in [-0.15, -0.1) is 11.8 Å². The highest BCUT2D eigenvalue weighted by Crippen LogP contribution is 2.19. The number of thioether (sulfide) groups is 1. The summed E-state index contributed by atoms with van der Waals surface area (Å²) < 4.78 is 9.81. The molecular formula is C14H18O4S. The standard InChI is InChI=1S/C14H18O4S/c1-14(2,3)18-13(16)10-5-7-11(8-6-10)19-9-12(15)17-4/h5-8H,9H2,1-4H3. The highest BCUT2D eigenvalue weighted by Gasteiger charge is 2.17. The molecule has 1 aromatic carbocycles. The van der Waals surface area contributed by atoms with Crippen LogP contribution in [0.1, 0.15) is 31.1 Å². The fraction of sp³-hybridized carbons (Fsp3) is 0.429. The lowest BCUT2D eigenvalue weighted by atomic mass is 10.2. The van der Waals surface area contributed by atoms with Gasteiger partial charge in [-0.2, -0.15) is 0 Å². The van der Waals surface area contributed by atoms with E-state index in [-0.39, 0.29) is 17.7 Å². The Morgan fingerprint density at radius 3 is 2.21 bits per heavy atom. The fourth-order valence-electron chi connectivity index (χ4n) is 1.23. The molecule has 1 rings (SSSR count). The van der Waals surface area contributed by atoms with Crippen molar-refractivity contribution in [2.75, 3.05) is 12.9 Å². The predicted octanol–water partition coefficient (Wildman–Crippen LogP) is 2.91. The van der Waals surface area contributed by atoms with E-state index < -0.39 is 5.60 Å². The molecule has 0 saturated carbocycles. The molecule has 0 amide bonds. The highest BCUT2D eigenvalue weighted by atomic mass is 32.2. The number of ether oxygens (including phenoxy) is 2. The first-order chi connectivity index (χ1) is 8.81. The maximum absolute atomic E-state index is 11.8. The van der Waals surface area contributed by atoms with E-state index in [1.165, 1.54) is 18.9 Å². The van der Waals surface area contributed by atoms with Crippen molar-refractivity contribution < 1.29 is 19.1 Å². The molecule has 104 valence electrons. The number of hydrogen-bond acceptors (Lipinski definition) is 5. The number of methoxy groups -OCH3 is 1. The largest absolute Gasteiger partial charge is 0.468 e. The van der Waals surface area contributed by atoms with Crippen molar-refractivity contribution in [2.45, 2.75) is 31.3 Å². The Bertz CT molecular complexity index is 446. The second-order valence-electron chi connectivity index (χ2n) is 4.89. The normalized spacial score (nSPS) is 10.9. The quantitative estimate of drug-likeness (QED) is 0.628. The first kappa shape index (κ1) is 15.6. The molecular weight excluding hydrogens is 264 g/mol. The fourth-order valence-corrected chi connectivity index (χ4v) is 1.96. The van der Waals surface area contributed by atoms with Crippen LogP contribution in [-0.4, -0.2) is 30.4 Å². The monoisotopic (exact) mass is 282 g/mol.